The van der Waals surface area contributed by atoms with Crippen molar-refractivity contribution in [3.05, 3.63) is 77.4 Å². The fraction of sp³-hybridized carbons (Fsp3) is 0.269. The molecule has 0 aliphatic rings. The second-order valence-corrected chi connectivity index (χ2v) is 7.83. The molecule has 170 valence electrons. The van der Waals surface area contributed by atoms with E-state index in [1.165, 1.54) is 12.1 Å². The number of rotatable bonds is 7. The molecule has 0 bridgehead atoms. The summed E-state index contributed by atoms with van der Waals surface area (Å²) in [6.07, 6.45) is 1.54. The van der Waals surface area contributed by atoms with Gasteiger partial charge in [0.1, 0.15) is 0 Å². The summed E-state index contributed by atoms with van der Waals surface area (Å²) in [5.41, 5.74) is 4.91. The van der Waals surface area contributed by atoms with Crippen LogP contribution in [0.25, 0.3) is 16.9 Å². The van der Waals surface area contributed by atoms with Crippen LogP contribution in [0.5, 0.6) is 5.75 Å². The Kier molecular flexibility index (Phi) is 6.40. The van der Waals surface area contributed by atoms with Gasteiger partial charge in [0.05, 0.1) is 12.1 Å². The number of aromatic hydroxyl groups is 1. The summed E-state index contributed by atoms with van der Waals surface area (Å²) in [7, 11) is 0. The fourth-order valence-electron chi connectivity index (χ4n) is 4.02. The molecule has 0 radical (unpaired) electrons. The number of hydrogen-bond acceptors (Lipinski definition) is 4. The Morgan fingerprint density at radius 1 is 1.06 bits per heavy atom. The van der Waals surface area contributed by atoms with Crippen molar-refractivity contribution in [1.82, 2.24) is 14.6 Å². The molecule has 6 nitrogen and oxygen atoms in total. The molecule has 7 heteroatoms. The normalized spacial score (nSPS) is 11.2. The molecule has 0 unspecified atom stereocenters. The summed E-state index contributed by atoms with van der Waals surface area (Å²) in [5, 5.41) is 14.4. The van der Waals surface area contributed by atoms with Crippen molar-refractivity contribution in [2.45, 2.75) is 40.0 Å². The molecular weight excluding hydrogens is 419 g/mol. The number of halogens is 1. The highest BCUT2D eigenvalue weighted by molar-refractivity contribution is 5.96. The van der Waals surface area contributed by atoms with Crippen molar-refractivity contribution in [3.63, 3.8) is 0 Å². The van der Waals surface area contributed by atoms with E-state index in [9.17, 15) is 14.3 Å². The molecule has 0 spiro atoms. The third-order valence-electron chi connectivity index (χ3n) is 5.77. The first-order chi connectivity index (χ1) is 16.0. The van der Waals surface area contributed by atoms with E-state index in [1.807, 2.05) is 57.2 Å². The van der Waals surface area contributed by atoms with Gasteiger partial charge in [-0.15, -0.1) is 0 Å². The van der Waals surface area contributed by atoms with E-state index in [4.69, 9.17) is 10.1 Å². The van der Waals surface area contributed by atoms with Gasteiger partial charge in [0.15, 0.2) is 17.2 Å². The number of aryl methyl sites for hydroxylation is 2. The monoisotopic (exact) mass is 446 g/mol. The van der Waals surface area contributed by atoms with Gasteiger partial charge in [-0.3, -0.25) is 4.79 Å². The molecule has 0 atom stereocenters. The lowest BCUT2D eigenvalue weighted by atomic mass is 10.0. The van der Waals surface area contributed by atoms with Gasteiger partial charge in [-0.25, -0.2) is 13.9 Å². The van der Waals surface area contributed by atoms with Crippen LogP contribution in [0.15, 0.2) is 54.6 Å². The van der Waals surface area contributed by atoms with Gasteiger partial charge in [-0.05, 0) is 56.2 Å². The van der Waals surface area contributed by atoms with Crippen LogP contribution < -0.4 is 4.90 Å². The van der Waals surface area contributed by atoms with Crippen LogP contribution in [0, 0.1) is 5.82 Å². The van der Waals surface area contributed by atoms with Crippen LogP contribution in [-0.2, 0) is 24.1 Å². The maximum atomic E-state index is 14.2. The van der Waals surface area contributed by atoms with Crippen LogP contribution in [0.2, 0.25) is 0 Å². The van der Waals surface area contributed by atoms with E-state index in [-0.39, 0.29) is 12.3 Å². The number of phenolic OH excluding ortho intramolecular Hbond substituents is 1. The predicted octanol–water partition coefficient (Wildman–Crippen LogP) is 4.96. The number of benzene rings is 2. The van der Waals surface area contributed by atoms with Crippen LogP contribution in [0.4, 0.5) is 10.1 Å². The Morgan fingerprint density at radius 2 is 1.82 bits per heavy atom. The average molecular weight is 447 g/mol. The molecule has 2 aromatic carbocycles. The number of aromatic nitrogens is 3. The Labute approximate surface area is 192 Å². The highest BCUT2D eigenvalue weighted by Crippen LogP contribution is 2.30. The molecular formula is C26H27FN4O2. The Morgan fingerprint density at radius 3 is 2.45 bits per heavy atom. The molecule has 1 amide bonds. The molecule has 0 saturated heterocycles. The lowest BCUT2D eigenvalue weighted by Gasteiger charge is -2.21. The number of nitrogens with zero attached hydrogens (tertiary/aromatic N) is 4. The molecule has 2 aromatic heterocycles. The molecule has 0 fully saturated rings. The summed E-state index contributed by atoms with van der Waals surface area (Å²) in [4.78, 5) is 19.9. The van der Waals surface area contributed by atoms with E-state index in [0.717, 1.165) is 29.9 Å². The molecule has 4 rings (SSSR count). The number of fused-ring (bicyclic) bond motifs is 1. The highest BCUT2D eigenvalue weighted by Gasteiger charge is 2.24. The summed E-state index contributed by atoms with van der Waals surface area (Å²) in [5.74, 6) is -1.26. The molecule has 0 saturated carbocycles. The lowest BCUT2D eigenvalue weighted by molar-refractivity contribution is -0.117. The van der Waals surface area contributed by atoms with E-state index >= 15 is 0 Å². The zero-order valence-electron chi connectivity index (χ0n) is 19.0. The summed E-state index contributed by atoms with van der Waals surface area (Å²) >= 11 is 0. The van der Waals surface area contributed by atoms with Gasteiger partial charge in [0.2, 0.25) is 5.91 Å². The van der Waals surface area contributed by atoms with Crippen molar-refractivity contribution < 1.29 is 14.3 Å². The number of carbonyl (C=O) groups excluding carboxylic acids is 1. The minimum atomic E-state index is -0.737. The first-order valence-corrected chi connectivity index (χ1v) is 11.2. The first kappa shape index (κ1) is 22.5. The highest BCUT2D eigenvalue weighted by atomic mass is 19.1. The second kappa shape index (κ2) is 9.40. The van der Waals surface area contributed by atoms with Gasteiger partial charge in [0, 0.05) is 34.7 Å². The Balaban J connectivity index is 1.88. The lowest BCUT2D eigenvalue weighted by Crippen LogP contribution is -2.32. The average Bonchev–Trinajstić information content (AvgIpc) is 3.19. The molecule has 0 aliphatic carbocycles. The van der Waals surface area contributed by atoms with Crippen molar-refractivity contribution >= 4 is 17.2 Å². The van der Waals surface area contributed by atoms with Gasteiger partial charge in [-0.1, -0.05) is 32.0 Å². The van der Waals surface area contributed by atoms with Gasteiger partial charge in [0.25, 0.3) is 0 Å². The van der Waals surface area contributed by atoms with Crippen molar-refractivity contribution in [3.8, 4) is 17.0 Å². The van der Waals surface area contributed by atoms with E-state index < -0.39 is 11.6 Å². The zero-order chi connectivity index (χ0) is 23.5. The second-order valence-electron chi connectivity index (χ2n) is 7.83. The van der Waals surface area contributed by atoms with Crippen LogP contribution >= 0.6 is 0 Å². The summed E-state index contributed by atoms with van der Waals surface area (Å²) in [6, 6.07) is 15.7. The standard InChI is InChI=1S/C26H27FN4O2/c1-4-18-15-19(5-2)31-26(28-18)21(25(29-31)17-12-13-23(32)22(27)14-17)16-24(33)30(6-3)20-10-8-7-9-11-20/h7-15,32H,4-6,16H2,1-3H3. The van der Waals surface area contributed by atoms with Crippen molar-refractivity contribution in [2.24, 2.45) is 0 Å². The molecule has 4 aromatic rings. The quantitative estimate of drug-likeness (QED) is 0.436. The zero-order valence-corrected chi connectivity index (χ0v) is 19.0. The molecule has 2 heterocycles. The number of likely N-dealkylation sites (N-methyl/N-ethyl adjacent to an activating group) is 1. The van der Waals surface area contributed by atoms with Gasteiger partial charge in [-0.2, -0.15) is 5.10 Å². The van der Waals surface area contributed by atoms with Gasteiger partial charge < -0.3 is 10.0 Å². The van der Waals surface area contributed by atoms with Crippen molar-refractivity contribution in [2.75, 3.05) is 11.4 Å². The number of amides is 1. The minimum Gasteiger partial charge on any atom is -0.505 e. The number of phenols is 1. The van der Waals surface area contributed by atoms with Crippen molar-refractivity contribution in [1.29, 1.82) is 0 Å². The predicted molar refractivity (Wildman–Crippen MR) is 127 cm³/mol. The van der Waals surface area contributed by atoms with Crippen LogP contribution in [-0.4, -0.2) is 32.2 Å². The third kappa shape index (κ3) is 4.31. The number of anilines is 1. The largest absolute Gasteiger partial charge is 0.505 e. The third-order valence-corrected chi connectivity index (χ3v) is 5.77. The SMILES string of the molecule is CCc1cc(CC)n2nc(-c3ccc(O)c(F)c3)c(CC(=O)N(CC)c3ccccc3)c2n1. The number of para-hydroxylation sites is 1. The topological polar surface area (TPSA) is 70.7 Å². The van der Waals surface area contributed by atoms with Gasteiger partial charge >= 0.3 is 0 Å². The first-order valence-electron chi connectivity index (χ1n) is 11.2. The molecule has 1 N–H and O–H groups in total. The number of hydrogen-bond donors (Lipinski definition) is 1. The Bertz CT molecular complexity index is 1300. The number of carbonyl (C=O) groups is 1. The molecule has 0 aliphatic heterocycles. The summed E-state index contributed by atoms with van der Waals surface area (Å²) < 4.78 is 16.0. The van der Waals surface area contributed by atoms with E-state index in [2.05, 4.69) is 0 Å². The smallest absolute Gasteiger partial charge is 0.231 e. The van der Waals surface area contributed by atoms with Crippen LogP contribution in [0.3, 0.4) is 0 Å². The van der Waals surface area contributed by atoms with E-state index in [1.54, 1.807) is 15.5 Å². The van der Waals surface area contributed by atoms with Crippen LogP contribution in [0.1, 0.15) is 37.7 Å². The minimum absolute atomic E-state index is 0.0629. The Hall–Kier alpha value is -3.74. The maximum absolute atomic E-state index is 14.2. The maximum Gasteiger partial charge on any atom is 0.231 e. The summed E-state index contributed by atoms with van der Waals surface area (Å²) in [6.45, 7) is 6.51. The van der Waals surface area contributed by atoms with E-state index in [0.29, 0.717) is 29.0 Å². The fourth-order valence-corrected chi connectivity index (χ4v) is 4.02. The molecule has 33 heavy (non-hydrogen) atoms.